The summed E-state index contributed by atoms with van der Waals surface area (Å²) >= 11 is 0. The largest absolute Gasteiger partial charge is 0.300 e. The normalized spacial score (nSPS) is 23.0. The van der Waals surface area contributed by atoms with Gasteiger partial charge in [-0.05, 0) is 32.1 Å². The van der Waals surface area contributed by atoms with Crippen LogP contribution in [0.5, 0.6) is 0 Å². The second-order valence-corrected chi connectivity index (χ2v) is 5.95. The first-order valence-corrected chi connectivity index (χ1v) is 8.97. The van der Waals surface area contributed by atoms with Gasteiger partial charge in [-0.2, -0.15) is 0 Å². The molecule has 2 nitrogen and oxygen atoms in total. The Bertz CT molecular complexity index is 417. The molecule has 0 aromatic heterocycles. The van der Waals surface area contributed by atoms with Crippen LogP contribution in [0.15, 0.2) is 23.8 Å². The lowest BCUT2D eigenvalue weighted by molar-refractivity contribution is -0.124. The van der Waals surface area contributed by atoms with Gasteiger partial charge in [0.2, 0.25) is 0 Å². The highest BCUT2D eigenvalue weighted by molar-refractivity contribution is 5.83. The van der Waals surface area contributed by atoms with Gasteiger partial charge in [0.1, 0.15) is 11.6 Å². The average molecular weight is 303 g/mol. The van der Waals surface area contributed by atoms with Crippen LogP contribution in [0.3, 0.4) is 0 Å². The zero-order valence-corrected chi connectivity index (χ0v) is 14.4. The fourth-order valence-corrected chi connectivity index (χ4v) is 3.36. The number of Topliss-reactive ketones (excluding diaryl/α,β-unsaturated/α-hetero) is 2. The molecule has 123 valence electrons. The smallest absolute Gasteiger partial charge is 0.136 e. The van der Waals surface area contributed by atoms with Crippen LogP contribution < -0.4 is 0 Å². The number of ketones is 2. The highest BCUT2D eigenvalue weighted by atomic mass is 16.1. The van der Waals surface area contributed by atoms with Crippen LogP contribution in [0.2, 0.25) is 0 Å². The lowest BCUT2D eigenvalue weighted by atomic mass is 9.71. The molecule has 0 amide bonds. The van der Waals surface area contributed by atoms with E-state index in [1.165, 1.54) is 5.57 Å². The van der Waals surface area contributed by atoms with Gasteiger partial charge in [-0.15, -0.1) is 0 Å². The second-order valence-electron chi connectivity index (χ2n) is 5.95. The van der Waals surface area contributed by atoms with E-state index in [-0.39, 0.29) is 5.92 Å². The molecule has 1 radical (unpaired) electrons. The summed E-state index contributed by atoms with van der Waals surface area (Å²) in [7, 11) is 0. The lowest BCUT2D eigenvalue weighted by Crippen LogP contribution is -2.28. The van der Waals surface area contributed by atoms with E-state index in [1.54, 1.807) is 0 Å². The van der Waals surface area contributed by atoms with Crippen molar-refractivity contribution in [3.05, 3.63) is 30.2 Å². The van der Waals surface area contributed by atoms with Crippen molar-refractivity contribution in [2.45, 2.75) is 72.1 Å². The molecule has 0 aromatic carbocycles. The van der Waals surface area contributed by atoms with Crippen LogP contribution in [-0.2, 0) is 9.59 Å². The summed E-state index contributed by atoms with van der Waals surface area (Å²) in [5, 5.41) is 0. The Labute approximate surface area is 136 Å². The minimum Gasteiger partial charge on any atom is -0.300 e. The SMILES string of the molecule is CC.CCCC(=O)CCCC(=O)C1CCCC2=C[CH]C=CC21. The highest BCUT2D eigenvalue weighted by Crippen LogP contribution is 2.38. The Morgan fingerprint density at radius 3 is 2.68 bits per heavy atom. The summed E-state index contributed by atoms with van der Waals surface area (Å²) in [5.74, 6) is 1.14. The molecule has 0 saturated heterocycles. The Hall–Kier alpha value is -1.18. The molecule has 0 heterocycles. The standard InChI is InChI=1S/C18H25O2.C2H6/c1-2-7-15(19)10-6-13-18(20)17-12-5-9-14-8-3-4-11-16(14)17;1-2/h3-4,8,11,16-17H,2,5-7,9-10,12-13H2,1H3;1-2H3. The first-order valence-electron chi connectivity index (χ1n) is 8.97. The third kappa shape index (κ3) is 5.55. The summed E-state index contributed by atoms with van der Waals surface area (Å²) in [6.07, 6.45) is 15.2. The Kier molecular flexibility index (Phi) is 9.03. The third-order valence-electron chi connectivity index (χ3n) is 4.40. The average Bonchev–Trinajstić information content (AvgIpc) is 2.56. The van der Waals surface area contributed by atoms with Crippen molar-refractivity contribution in [1.29, 1.82) is 0 Å². The van der Waals surface area contributed by atoms with Gasteiger partial charge in [-0.3, -0.25) is 9.59 Å². The molecule has 0 bridgehead atoms. The van der Waals surface area contributed by atoms with Gasteiger partial charge in [-0.25, -0.2) is 0 Å². The molecule has 2 heteroatoms. The monoisotopic (exact) mass is 303 g/mol. The van der Waals surface area contributed by atoms with Crippen molar-refractivity contribution >= 4 is 11.6 Å². The van der Waals surface area contributed by atoms with Crippen LogP contribution in [0.1, 0.15) is 72.1 Å². The fourth-order valence-electron chi connectivity index (χ4n) is 3.36. The van der Waals surface area contributed by atoms with Gasteiger partial charge in [0.05, 0.1) is 0 Å². The number of carbonyl (C=O) groups excluding carboxylic acids is 2. The van der Waals surface area contributed by atoms with E-state index in [1.807, 2.05) is 20.8 Å². The van der Waals surface area contributed by atoms with Crippen molar-refractivity contribution in [2.75, 3.05) is 0 Å². The Morgan fingerprint density at radius 2 is 1.95 bits per heavy atom. The summed E-state index contributed by atoms with van der Waals surface area (Å²) in [6.45, 7) is 6.02. The minimum absolute atomic E-state index is 0.154. The summed E-state index contributed by atoms with van der Waals surface area (Å²) < 4.78 is 0. The van der Waals surface area contributed by atoms with Crippen molar-refractivity contribution in [2.24, 2.45) is 11.8 Å². The maximum Gasteiger partial charge on any atom is 0.136 e. The van der Waals surface area contributed by atoms with E-state index in [4.69, 9.17) is 0 Å². The van der Waals surface area contributed by atoms with Crippen molar-refractivity contribution in [1.82, 2.24) is 0 Å². The quantitative estimate of drug-likeness (QED) is 0.644. The minimum atomic E-state index is 0.154. The molecule has 2 unspecified atom stereocenters. The van der Waals surface area contributed by atoms with Crippen molar-refractivity contribution in [3.63, 3.8) is 0 Å². The second kappa shape index (κ2) is 10.5. The fraction of sp³-hybridized carbons (Fsp3) is 0.650. The lowest BCUT2D eigenvalue weighted by Gasteiger charge is -2.32. The zero-order chi connectivity index (χ0) is 16.4. The van der Waals surface area contributed by atoms with Gasteiger partial charge >= 0.3 is 0 Å². The summed E-state index contributed by atoms with van der Waals surface area (Å²) in [5.41, 5.74) is 1.42. The number of carbonyl (C=O) groups is 2. The van der Waals surface area contributed by atoms with Crippen molar-refractivity contribution < 1.29 is 9.59 Å². The van der Waals surface area contributed by atoms with Crippen LogP contribution in [0.25, 0.3) is 0 Å². The Balaban J connectivity index is 0.00000116. The predicted octanol–water partition coefficient (Wildman–Crippen LogP) is 5.24. The van der Waals surface area contributed by atoms with E-state index in [9.17, 15) is 9.59 Å². The summed E-state index contributed by atoms with van der Waals surface area (Å²) in [4.78, 5) is 23.9. The van der Waals surface area contributed by atoms with Gasteiger partial charge in [-0.1, -0.05) is 44.6 Å². The van der Waals surface area contributed by atoms with E-state index in [0.717, 1.165) is 32.1 Å². The van der Waals surface area contributed by atoms with Gasteiger partial charge in [0, 0.05) is 37.5 Å². The molecule has 0 N–H and O–H groups in total. The molecular formula is C20H31O2. The first kappa shape index (κ1) is 18.9. The van der Waals surface area contributed by atoms with Crippen LogP contribution in [0.4, 0.5) is 0 Å². The van der Waals surface area contributed by atoms with Crippen LogP contribution in [-0.4, -0.2) is 11.6 Å². The molecule has 1 fully saturated rings. The number of hydrogen-bond donors (Lipinski definition) is 0. The molecule has 22 heavy (non-hydrogen) atoms. The zero-order valence-electron chi connectivity index (χ0n) is 14.4. The van der Waals surface area contributed by atoms with E-state index in [0.29, 0.717) is 36.7 Å². The number of rotatable bonds is 7. The highest BCUT2D eigenvalue weighted by Gasteiger charge is 2.32. The van der Waals surface area contributed by atoms with Gasteiger partial charge < -0.3 is 0 Å². The molecule has 0 aromatic rings. The van der Waals surface area contributed by atoms with Crippen LogP contribution in [0, 0.1) is 18.3 Å². The van der Waals surface area contributed by atoms with Crippen LogP contribution >= 0.6 is 0 Å². The maximum absolute atomic E-state index is 12.4. The molecule has 2 atom stereocenters. The number of hydrogen-bond acceptors (Lipinski definition) is 2. The molecule has 0 aliphatic heterocycles. The number of allylic oxidation sites excluding steroid dienone is 4. The van der Waals surface area contributed by atoms with Crippen molar-refractivity contribution in [3.8, 4) is 0 Å². The molecule has 2 aliphatic carbocycles. The summed E-state index contributed by atoms with van der Waals surface area (Å²) in [6, 6.07) is 0. The number of fused-ring (bicyclic) bond motifs is 1. The predicted molar refractivity (Wildman–Crippen MR) is 92.5 cm³/mol. The first-order chi connectivity index (χ1) is 10.7. The molecular weight excluding hydrogens is 272 g/mol. The van der Waals surface area contributed by atoms with E-state index >= 15 is 0 Å². The van der Waals surface area contributed by atoms with E-state index in [2.05, 4.69) is 24.6 Å². The third-order valence-corrected chi connectivity index (χ3v) is 4.40. The molecule has 2 aliphatic rings. The molecule has 0 spiro atoms. The maximum atomic E-state index is 12.4. The Morgan fingerprint density at radius 1 is 1.18 bits per heavy atom. The van der Waals surface area contributed by atoms with Gasteiger partial charge in [0.15, 0.2) is 0 Å². The molecule has 1 saturated carbocycles. The topological polar surface area (TPSA) is 34.1 Å². The molecule has 2 rings (SSSR count). The van der Waals surface area contributed by atoms with E-state index < -0.39 is 0 Å². The van der Waals surface area contributed by atoms with Gasteiger partial charge in [0.25, 0.3) is 0 Å².